The highest BCUT2D eigenvalue weighted by atomic mass is 16.5. The Balaban J connectivity index is 1.25. The fourth-order valence-corrected chi connectivity index (χ4v) is 3.32. The van der Waals surface area contributed by atoms with E-state index in [0.29, 0.717) is 5.92 Å². The molecule has 5 heteroatoms. The largest absolute Gasteiger partial charge is 0.338 e. The van der Waals surface area contributed by atoms with Crippen LogP contribution < -0.4 is 0 Å². The van der Waals surface area contributed by atoms with Crippen molar-refractivity contribution in [1.29, 1.82) is 0 Å². The number of aromatic nitrogens is 2. The molecule has 1 aromatic heterocycles. The van der Waals surface area contributed by atoms with Gasteiger partial charge in [0.2, 0.25) is 5.89 Å². The van der Waals surface area contributed by atoms with E-state index in [-0.39, 0.29) is 6.04 Å². The van der Waals surface area contributed by atoms with Crippen LogP contribution in [0.5, 0.6) is 0 Å². The zero-order chi connectivity index (χ0) is 17.1. The van der Waals surface area contributed by atoms with Gasteiger partial charge in [-0.2, -0.15) is 4.98 Å². The summed E-state index contributed by atoms with van der Waals surface area (Å²) in [5, 5.41) is 4.15. The molecule has 25 heavy (non-hydrogen) atoms. The molecular formula is C20H26N4O. The second-order valence-electron chi connectivity index (χ2n) is 7.09. The molecule has 1 saturated carbocycles. The summed E-state index contributed by atoms with van der Waals surface area (Å²) < 4.78 is 5.49. The Kier molecular flexibility index (Phi) is 4.95. The summed E-state index contributed by atoms with van der Waals surface area (Å²) in [5.74, 6) is 2.24. The van der Waals surface area contributed by atoms with E-state index in [9.17, 15) is 0 Å². The smallest absolute Gasteiger partial charge is 0.243 e. The van der Waals surface area contributed by atoms with Crippen molar-refractivity contribution in [2.75, 3.05) is 32.7 Å². The zero-order valence-electron chi connectivity index (χ0n) is 14.8. The van der Waals surface area contributed by atoms with E-state index in [0.717, 1.165) is 44.4 Å². The molecule has 1 saturated heterocycles. The predicted octanol–water partition coefficient (Wildman–Crippen LogP) is 3.34. The first kappa shape index (κ1) is 16.5. The number of benzene rings is 1. The third-order valence-electron chi connectivity index (χ3n) is 5.19. The van der Waals surface area contributed by atoms with Gasteiger partial charge in [0, 0.05) is 38.6 Å². The first-order valence-corrected chi connectivity index (χ1v) is 9.31. The van der Waals surface area contributed by atoms with Crippen LogP contribution in [0.3, 0.4) is 0 Å². The van der Waals surface area contributed by atoms with E-state index in [2.05, 4.69) is 69.3 Å². The third kappa shape index (κ3) is 4.17. The van der Waals surface area contributed by atoms with Crippen molar-refractivity contribution < 1.29 is 4.52 Å². The molecule has 5 nitrogen and oxygen atoms in total. The minimum atomic E-state index is 0.210. The standard InChI is InChI=1S/C20H26N4O/c1-16(20-21-19(22-25-20)18-9-10-18)24-14-12-23(13-15-24)11-5-8-17-6-3-2-4-7-17/h2-8,16,18H,9-15H2,1H3/b8-5+. The average molecular weight is 338 g/mol. The van der Waals surface area contributed by atoms with E-state index < -0.39 is 0 Å². The second kappa shape index (κ2) is 7.50. The Morgan fingerprint density at radius 3 is 2.64 bits per heavy atom. The molecule has 2 heterocycles. The van der Waals surface area contributed by atoms with Crippen LogP contribution in [-0.4, -0.2) is 52.7 Å². The maximum Gasteiger partial charge on any atom is 0.243 e. The van der Waals surface area contributed by atoms with Gasteiger partial charge in [-0.3, -0.25) is 9.80 Å². The number of rotatable bonds is 6. The van der Waals surface area contributed by atoms with Gasteiger partial charge in [0.15, 0.2) is 5.82 Å². The monoisotopic (exact) mass is 338 g/mol. The molecule has 0 amide bonds. The van der Waals surface area contributed by atoms with Gasteiger partial charge in [-0.25, -0.2) is 0 Å². The molecule has 2 aliphatic rings. The summed E-state index contributed by atoms with van der Waals surface area (Å²) in [4.78, 5) is 9.54. The van der Waals surface area contributed by atoms with Crippen molar-refractivity contribution in [2.24, 2.45) is 0 Å². The van der Waals surface area contributed by atoms with Crippen LogP contribution in [-0.2, 0) is 0 Å². The van der Waals surface area contributed by atoms with Crippen LogP contribution in [0.4, 0.5) is 0 Å². The van der Waals surface area contributed by atoms with Gasteiger partial charge in [0.05, 0.1) is 6.04 Å². The van der Waals surface area contributed by atoms with Crippen molar-refractivity contribution in [3.8, 4) is 0 Å². The lowest BCUT2D eigenvalue weighted by molar-refractivity contribution is 0.0947. The highest BCUT2D eigenvalue weighted by Crippen LogP contribution is 2.38. The summed E-state index contributed by atoms with van der Waals surface area (Å²) in [7, 11) is 0. The fourth-order valence-electron chi connectivity index (χ4n) is 3.32. The lowest BCUT2D eigenvalue weighted by atomic mass is 10.2. The summed E-state index contributed by atoms with van der Waals surface area (Å²) in [6.07, 6.45) is 6.88. The first-order valence-electron chi connectivity index (χ1n) is 9.31. The SMILES string of the molecule is CC(c1nc(C2CC2)no1)N1CCN(C/C=C/c2ccccc2)CC1. The Hall–Kier alpha value is -1.98. The number of hydrogen-bond acceptors (Lipinski definition) is 5. The molecule has 132 valence electrons. The number of nitrogens with zero attached hydrogens (tertiary/aromatic N) is 4. The van der Waals surface area contributed by atoms with Gasteiger partial charge in [0.1, 0.15) is 0 Å². The molecule has 0 radical (unpaired) electrons. The third-order valence-corrected chi connectivity index (χ3v) is 5.19. The average Bonchev–Trinajstić information content (AvgIpc) is 3.40. The van der Waals surface area contributed by atoms with Gasteiger partial charge in [-0.15, -0.1) is 0 Å². The maximum atomic E-state index is 5.49. The van der Waals surface area contributed by atoms with Gasteiger partial charge in [0.25, 0.3) is 0 Å². The number of piperazine rings is 1. The lowest BCUT2D eigenvalue weighted by Crippen LogP contribution is -2.47. The molecular weight excluding hydrogens is 312 g/mol. The molecule has 1 aromatic carbocycles. The van der Waals surface area contributed by atoms with Crippen LogP contribution in [0.1, 0.15) is 49.0 Å². The van der Waals surface area contributed by atoms with E-state index in [1.807, 2.05) is 0 Å². The first-order chi connectivity index (χ1) is 12.3. The summed E-state index contributed by atoms with van der Waals surface area (Å²) in [6, 6.07) is 10.7. The summed E-state index contributed by atoms with van der Waals surface area (Å²) in [6.45, 7) is 7.42. The van der Waals surface area contributed by atoms with Crippen LogP contribution in [0.2, 0.25) is 0 Å². The van der Waals surface area contributed by atoms with Crippen LogP contribution in [0.25, 0.3) is 6.08 Å². The van der Waals surface area contributed by atoms with Crippen molar-refractivity contribution in [2.45, 2.75) is 31.7 Å². The quantitative estimate of drug-likeness (QED) is 0.808. The van der Waals surface area contributed by atoms with E-state index in [1.165, 1.54) is 18.4 Å². The minimum Gasteiger partial charge on any atom is -0.338 e. The molecule has 4 rings (SSSR count). The van der Waals surface area contributed by atoms with Crippen molar-refractivity contribution in [3.05, 3.63) is 53.7 Å². The van der Waals surface area contributed by atoms with Gasteiger partial charge in [-0.05, 0) is 25.3 Å². The fraction of sp³-hybridized carbons (Fsp3) is 0.500. The van der Waals surface area contributed by atoms with E-state index in [1.54, 1.807) is 0 Å². The number of hydrogen-bond donors (Lipinski definition) is 0. The highest BCUT2D eigenvalue weighted by Gasteiger charge is 2.31. The van der Waals surface area contributed by atoms with Crippen molar-refractivity contribution in [3.63, 3.8) is 0 Å². The topological polar surface area (TPSA) is 45.4 Å². The maximum absolute atomic E-state index is 5.49. The molecule has 1 unspecified atom stereocenters. The normalized spacial score (nSPS) is 21.0. The van der Waals surface area contributed by atoms with Gasteiger partial charge < -0.3 is 4.52 Å². The van der Waals surface area contributed by atoms with Crippen LogP contribution in [0, 0.1) is 0 Å². The van der Waals surface area contributed by atoms with Crippen LogP contribution >= 0.6 is 0 Å². The van der Waals surface area contributed by atoms with E-state index >= 15 is 0 Å². The predicted molar refractivity (Wildman–Crippen MR) is 98.2 cm³/mol. The molecule has 0 N–H and O–H groups in total. The Morgan fingerprint density at radius 1 is 1.16 bits per heavy atom. The lowest BCUT2D eigenvalue weighted by Gasteiger charge is -2.36. The second-order valence-corrected chi connectivity index (χ2v) is 7.09. The Labute approximate surface area is 149 Å². The summed E-state index contributed by atoms with van der Waals surface area (Å²) in [5.41, 5.74) is 1.26. The highest BCUT2D eigenvalue weighted by molar-refractivity contribution is 5.48. The molecule has 0 bridgehead atoms. The van der Waals surface area contributed by atoms with Gasteiger partial charge in [-0.1, -0.05) is 47.6 Å². The summed E-state index contributed by atoms with van der Waals surface area (Å²) >= 11 is 0. The minimum absolute atomic E-state index is 0.210. The van der Waals surface area contributed by atoms with Crippen LogP contribution in [0.15, 0.2) is 40.9 Å². The molecule has 2 aromatic rings. The van der Waals surface area contributed by atoms with Crippen molar-refractivity contribution in [1.82, 2.24) is 19.9 Å². The molecule has 1 atom stereocenters. The van der Waals surface area contributed by atoms with E-state index in [4.69, 9.17) is 4.52 Å². The molecule has 1 aliphatic carbocycles. The zero-order valence-corrected chi connectivity index (χ0v) is 14.8. The molecule has 0 spiro atoms. The van der Waals surface area contributed by atoms with Gasteiger partial charge >= 0.3 is 0 Å². The molecule has 2 fully saturated rings. The Bertz CT molecular complexity index is 699. The Morgan fingerprint density at radius 2 is 1.92 bits per heavy atom. The molecule has 1 aliphatic heterocycles. The van der Waals surface area contributed by atoms with Crippen molar-refractivity contribution >= 4 is 6.08 Å².